The molecule has 0 aromatic heterocycles. The van der Waals surface area contributed by atoms with E-state index in [9.17, 15) is 14.4 Å². The summed E-state index contributed by atoms with van der Waals surface area (Å²) in [5, 5.41) is 5.44. The van der Waals surface area contributed by atoms with Gasteiger partial charge in [0.1, 0.15) is 5.75 Å². The molecule has 0 bridgehead atoms. The van der Waals surface area contributed by atoms with Crippen LogP contribution in [-0.2, 0) is 14.3 Å². The third-order valence-electron chi connectivity index (χ3n) is 4.21. The average molecular weight is 451 g/mol. The smallest absolute Gasteiger partial charge is 0.339 e. The van der Waals surface area contributed by atoms with E-state index >= 15 is 0 Å². The van der Waals surface area contributed by atoms with Crippen molar-refractivity contribution in [2.24, 2.45) is 0 Å². The van der Waals surface area contributed by atoms with Crippen molar-refractivity contribution in [3.63, 3.8) is 0 Å². The lowest BCUT2D eigenvalue weighted by atomic mass is 10.2. The summed E-state index contributed by atoms with van der Waals surface area (Å²) >= 11 is 1.20. The van der Waals surface area contributed by atoms with Gasteiger partial charge in [-0.25, -0.2) is 4.79 Å². The molecule has 0 spiro atoms. The fourth-order valence-corrected chi connectivity index (χ4v) is 3.57. The minimum Gasteiger partial charge on any atom is -0.497 e. The van der Waals surface area contributed by atoms with Crippen LogP contribution in [0.2, 0.25) is 0 Å². The van der Waals surface area contributed by atoms with Crippen LogP contribution in [-0.4, -0.2) is 37.3 Å². The van der Waals surface area contributed by atoms with Gasteiger partial charge in [0.25, 0.3) is 5.91 Å². The molecule has 0 aliphatic rings. The minimum atomic E-state index is -0.635. The highest BCUT2D eigenvalue weighted by Gasteiger charge is 2.16. The number of carbonyl (C=O) groups is 3. The molecular weight excluding hydrogens is 428 g/mol. The Hall–Kier alpha value is -3.78. The molecule has 0 unspecified atom stereocenters. The number of benzene rings is 3. The van der Waals surface area contributed by atoms with Crippen LogP contribution in [0.3, 0.4) is 0 Å². The molecule has 7 nitrogen and oxygen atoms in total. The van der Waals surface area contributed by atoms with Crippen molar-refractivity contribution in [2.45, 2.75) is 4.90 Å². The molecule has 164 valence electrons. The number of methoxy groups -OCH3 is 1. The van der Waals surface area contributed by atoms with Gasteiger partial charge in [-0.15, -0.1) is 11.8 Å². The van der Waals surface area contributed by atoms with Gasteiger partial charge in [0.2, 0.25) is 5.91 Å². The summed E-state index contributed by atoms with van der Waals surface area (Å²) in [7, 11) is 1.55. The number of esters is 1. The number of rotatable bonds is 9. The summed E-state index contributed by atoms with van der Waals surface area (Å²) in [6.45, 7) is -0.414. The highest BCUT2D eigenvalue weighted by molar-refractivity contribution is 8.00. The van der Waals surface area contributed by atoms with Crippen molar-refractivity contribution in [1.82, 2.24) is 0 Å². The quantitative estimate of drug-likeness (QED) is 0.375. The number of amides is 2. The summed E-state index contributed by atoms with van der Waals surface area (Å²) in [6.07, 6.45) is 0. The lowest BCUT2D eigenvalue weighted by molar-refractivity contribution is -0.119. The van der Waals surface area contributed by atoms with Crippen molar-refractivity contribution in [3.8, 4) is 5.75 Å². The van der Waals surface area contributed by atoms with Crippen LogP contribution < -0.4 is 15.4 Å². The Morgan fingerprint density at radius 3 is 2.28 bits per heavy atom. The molecule has 8 heteroatoms. The Morgan fingerprint density at radius 2 is 1.50 bits per heavy atom. The fraction of sp³-hybridized carbons (Fsp3) is 0.125. The number of carbonyl (C=O) groups excluding carboxylic acids is 3. The maximum atomic E-state index is 12.5. The Kier molecular flexibility index (Phi) is 8.28. The van der Waals surface area contributed by atoms with E-state index < -0.39 is 18.5 Å². The van der Waals surface area contributed by atoms with Crippen LogP contribution in [0.25, 0.3) is 0 Å². The number of hydrogen-bond acceptors (Lipinski definition) is 6. The zero-order valence-electron chi connectivity index (χ0n) is 17.4. The second-order valence-corrected chi connectivity index (χ2v) is 7.57. The molecule has 3 aromatic carbocycles. The summed E-state index contributed by atoms with van der Waals surface area (Å²) in [6, 6.07) is 22.7. The second kappa shape index (κ2) is 11.6. The maximum absolute atomic E-state index is 12.5. The summed E-state index contributed by atoms with van der Waals surface area (Å²) in [4.78, 5) is 37.4. The monoisotopic (exact) mass is 450 g/mol. The highest BCUT2D eigenvalue weighted by atomic mass is 32.2. The lowest BCUT2D eigenvalue weighted by Crippen LogP contribution is -2.21. The SMILES string of the molecule is COc1cccc(NC(=O)CSc2ccccc2C(=O)OCC(=O)Nc2ccccc2)c1. The average Bonchev–Trinajstić information content (AvgIpc) is 2.82. The Labute approximate surface area is 190 Å². The van der Waals surface area contributed by atoms with Crippen molar-refractivity contribution in [1.29, 1.82) is 0 Å². The predicted molar refractivity (Wildman–Crippen MR) is 124 cm³/mol. The second-order valence-electron chi connectivity index (χ2n) is 6.56. The van der Waals surface area contributed by atoms with Crippen molar-refractivity contribution >= 4 is 40.9 Å². The summed E-state index contributed by atoms with van der Waals surface area (Å²) in [5.74, 6) is -0.568. The topological polar surface area (TPSA) is 93.7 Å². The van der Waals surface area contributed by atoms with Crippen LogP contribution in [0.4, 0.5) is 11.4 Å². The molecule has 0 saturated heterocycles. The van der Waals surface area contributed by atoms with Crippen LogP contribution in [0.1, 0.15) is 10.4 Å². The summed E-state index contributed by atoms with van der Waals surface area (Å²) < 4.78 is 10.3. The molecule has 0 aliphatic heterocycles. The Bertz CT molecular complexity index is 1090. The van der Waals surface area contributed by atoms with E-state index in [4.69, 9.17) is 9.47 Å². The molecule has 3 rings (SSSR count). The summed E-state index contributed by atoms with van der Waals surface area (Å²) in [5.41, 5.74) is 1.53. The molecule has 0 aliphatic carbocycles. The minimum absolute atomic E-state index is 0.0933. The third-order valence-corrected chi connectivity index (χ3v) is 5.28. The number of anilines is 2. The molecule has 0 atom stereocenters. The Morgan fingerprint density at radius 1 is 0.812 bits per heavy atom. The molecule has 2 amide bonds. The molecular formula is C24H22N2O5S. The number of thioether (sulfide) groups is 1. The van der Waals surface area contributed by atoms with Crippen molar-refractivity contribution in [3.05, 3.63) is 84.4 Å². The van der Waals surface area contributed by atoms with Crippen molar-refractivity contribution in [2.75, 3.05) is 30.1 Å². The van der Waals surface area contributed by atoms with Gasteiger partial charge in [-0.05, 0) is 36.4 Å². The zero-order chi connectivity index (χ0) is 22.8. The first-order chi connectivity index (χ1) is 15.5. The molecule has 0 heterocycles. The van der Waals surface area contributed by atoms with Gasteiger partial charge in [-0.3, -0.25) is 9.59 Å². The normalized spacial score (nSPS) is 10.2. The molecule has 3 aromatic rings. The largest absolute Gasteiger partial charge is 0.497 e. The zero-order valence-corrected chi connectivity index (χ0v) is 18.2. The van der Waals surface area contributed by atoms with Crippen LogP contribution in [0.15, 0.2) is 83.8 Å². The van der Waals surface area contributed by atoms with E-state index in [1.54, 1.807) is 79.9 Å². The van der Waals surface area contributed by atoms with Crippen LogP contribution >= 0.6 is 11.8 Å². The molecule has 2 N–H and O–H groups in total. The van der Waals surface area contributed by atoms with Gasteiger partial charge < -0.3 is 20.1 Å². The van der Waals surface area contributed by atoms with Crippen molar-refractivity contribution < 1.29 is 23.9 Å². The number of nitrogens with one attached hydrogen (secondary N) is 2. The predicted octanol–water partition coefficient (Wildman–Crippen LogP) is 4.22. The van der Waals surface area contributed by atoms with Gasteiger partial charge in [0, 0.05) is 22.3 Å². The van der Waals surface area contributed by atoms with E-state index in [-0.39, 0.29) is 11.7 Å². The number of hydrogen-bond donors (Lipinski definition) is 2. The van der Waals surface area contributed by atoms with Gasteiger partial charge in [-0.2, -0.15) is 0 Å². The number of ether oxygens (including phenoxy) is 2. The Balaban J connectivity index is 1.53. The number of para-hydroxylation sites is 1. The molecule has 0 radical (unpaired) electrons. The maximum Gasteiger partial charge on any atom is 0.339 e. The highest BCUT2D eigenvalue weighted by Crippen LogP contribution is 2.24. The molecule has 0 fully saturated rings. The fourth-order valence-electron chi connectivity index (χ4n) is 2.73. The van der Waals surface area contributed by atoms with E-state index in [2.05, 4.69) is 10.6 Å². The first-order valence-electron chi connectivity index (χ1n) is 9.73. The lowest BCUT2D eigenvalue weighted by Gasteiger charge is -2.10. The van der Waals surface area contributed by atoms with Gasteiger partial charge >= 0.3 is 5.97 Å². The standard InChI is InChI=1S/C24H22N2O5S/c1-30-19-11-7-10-18(14-19)26-23(28)16-32-21-13-6-5-12-20(21)24(29)31-15-22(27)25-17-8-3-2-4-9-17/h2-14H,15-16H2,1H3,(H,25,27)(H,26,28). The van der Waals surface area contributed by atoms with Gasteiger partial charge in [0.05, 0.1) is 18.4 Å². The first kappa shape index (κ1) is 22.9. The molecule has 0 saturated carbocycles. The first-order valence-corrected chi connectivity index (χ1v) is 10.7. The van der Waals surface area contributed by atoms with E-state index in [0.717, 1.165) is 0 Å². The third kappa shape index (κ3) is 6.88. The van der Waals surface area contributed by atoms with E-state index in [0.29, 0.717) is 27.6 Å². The van der Waals surface area contributed by atoms with E-state index in [1.165, 1.54) is 11.8 Å². The van der Waals surface area contributed by atoms with Crippen LogP contribution in [0.5, 0.6) is 5.75 Å². The van der Waals surface area contributed by atoms with Gasteiger partial charge in [-0.1, -0.05) is 36.4 Å². The molecule has 32 heavy (non-hydrogen) atoms. The van der Waals surface area contributed by atoms with Crippen LogP contribution in [0, 0.1) is 0 Å². The van der Waals surface area contributed by atoms with E-state index in [1.807, 2.05) is 6.07 Å². The van der Waals surface area contributed by atoms with Gasteiger partial charge in [0.15, 0.2) is 6.61 Å².